The van der Waals surface area contributed by atoms with E-state index in [1.165, 1.54) is 11.3 Å². The van der Waals surface area contributed by atoms with Gasteiger partial charge in [0.15, 0.2) is 4.80 Å². The van der Waals surface area contributed by atoms with Gasteiger partial charge in [-0.2, -0.15) is 4.99 Å². The van der Waals surface area contributed by atoms with E-state index in [1.54, 1.807) is 14.2 Å². The molecule has 0 unspecified atom stereocenters. The summed E-state index contributed by atoms with van der Waals surface area (Å²) in [6, 6.07) is 5.85. The quantitative estimate of drug-likeness (QED) is 0.849. The van der Waals surface area contributed by atoms with E-state index in [1.807, 2.05) is 29.7 Å². The first-order chi connectivity index (χ1) is 9.69. The standard InChI is InChI=1S/C14H18N2O3S/c1-4-13(17)15-14-16(7-8-18-2)11-6-5-10(19-3)9-12(11)20-14/h5-6,9H,4,7-8H2,1-3H3. The first-order valence-electron chi connectivity index (χ1n) is 6.43. The van der Waals surface area contributed by atoms with Crippen molar-refractivity contribution in [2.75, 3.05) is 20.8 Å². The maximum absolute atomic E-state index is 11.6. The lowest BCUT2D eigenvalue weighted by Gasteiger charge is -2.04. The molecule has 5 nitrogen and oxygen atoms in total. The molecule has 1 amide bonds. The van der Waals surface area contributed by atoms with E-state index in [-0.39, 0.29) is 5.91 Å². The largest absolute Gasteiger partial charge is 0.497 e. The number of carbonyl (C=O) groups is 1. The van der Waals surface area contributed by atoms with E-state index in [9.17, 15) is 4.79 Å². The van der Waals surface area contributed by atoms with Crippen LogP contribution in [0.3, 0.4) is 0 Å². The first kappa shape index (κ1) is 14.7. The van der Waals surface area contributed by atoms with Crippen LogP contribution >= 0.6 is 11.3 Å². The van der Waals surface area contributed by atoms with Crippen LogP contribution in [0, 0.1) is 0 Å². The van der Waals surface area contributed by atoms with Gasteiger partial charge in [-0.25, -0.2) is 0 Å². The number of methoxy groups -OCH3 is 2. The summed E-state index contributed by atoms with van der Waals surface area (Å²) in [7, 11) is 3.30. The third-order valence-corrected chi connectivity index (χ3v) is 3.97. The van der Waals surface area contributed by atoms with E-state index >= 15 is 0 Å². The highest BCUT2D eigenvalue weighted by Crippen LogP contribution is 2.23. The fourth-order valence-electron chi connectivity index (χ4n) is 1.85. The lowest BCUT2D eigenvalue weighted by molar-refractivity contribution is -0.117. The highest BCUT2D eigenvalue weighted by atomic mass is 32.1. The van der Waals surface area contributed by atoms with Crippen LogP contribution in [0.1, 0.15) is 13.3 Å². The van der Waals surface area contributed by atoms with Gasteiger partial charge in [-0.15, -0.1) is 0 Å². The second-order valence-corrected chi connectivity index (χ2v) is 5.23. The molecule has 0 aliphatic heterocycles. The molecule has 1 aromatic carbocycles. The molecule has 6 heteroatoms. The Kier molecular flexibility index (Phi) is 4.92. The number of benzene rings is 1. The SMILES string of the molecule is CCC(=O)N=c1sc2cc(OC)ccc2n1CCOC. The molecule has 0 N–H and O–H groups in total. The van der Waals surface area contributed by atoms with Crippen molar-refractivity contribution in [1.29, 1.82) is 0 Å². The number of hydrogen-bond donors (Lipinski definition) is 0. The van der Waals surface area contributed by atoms with Crippen LogP contribution in [0.15, 0.2) is 23.2 Å². The Morgan fingerprint density at radius 1 is 1.40 bits per heavy atom. The minimum atomic E-state index is -0.116. The third-order valence-electron chi connectivity index (χ3n) is 2.93. The molecule has 0 fully saturated rings. The van der Waals surface area contributed by atoms with Crippen LogP contribution in [0.5, 0.6) is 5.75 Å². The Balaban J connectivity index is 2.59. The molecule has 1 aromatic heterocycles. The normalized spacial score (nSPS) is 12.1. The molecule has 0 bridgehead atoms. The summed E-state index contributed by atoms with van der Waals surface area (Å²) >= 11 is 1.49. The molecular formula is C14H18N2O3S. The number of thiazole rings is 1. The smallest absolute Gasteiger partial charge is 0.248 e. The maximum Gasteiger partial charge on any atom is 0.248 e. The molecular weight excluding hydrogens is 276 g/mol. The topological polar surface area (TPSA) is 52.8 Å². The van der Waals surface area contributed by atoms with Gasteiger partial charge in [-0.1, -0.05) is 18.3 Å². The number of amides is 1. The van der Waals surface area contributed by atoms with Gasteiger partial charge in [0.25, 0.3) is 0 Å². The maximum atomic E-state index is 11.6. The molecule has 20 heavy (non-hydrogen) atoms. The molecule has 2 rings (SSSR count). The van der Waals surface area contributed by atoms with Crippen molar-refractivity contribution in [3.8, 4) is 5.75 Å². The molecule has 0 atom stereocenters. The Morgan fingerprint density at radius 2 is 2.20 bits per heavy atom. The highest BCUT2D eigenvalue weighted by molar-refractivity contribution is 7.16. The lowest BCUT2D eigenvalue weighted by atomic mass is 10.3. The Morgan fingerprint density at radius 3 is 2.85 bits per heavy atom. The zero-order valence-corrected chi connectivity index (χ0v) is 12.7. The van der Waals surface area contributed by atoms with Gasteiger partial charge in [0.2, 0.25) is 5.91 Å². The van der Waals surface area contributed by atoms with Crippen LogP contribution < -0.4 is 9.54 Å². The second-order valence-electron chi connectivity index (χ2n) is 4.22. The van der Waals surface area contributed by atoms with Gasteiger partial charge < -0.3 is 14.0 Å². The van der Waals surface area contributed by atoms with Gasteiger partial charge in [0.1, 0.15) is 5.75 Å². The average Bonchev–Trinajstić information content (AvgIpc) is 2.80. The summed E-state index contributed by atoms with van der Waals surface area (Å²) in [5.74, 6) is 0.681. The third kappa shape index (κ3) is 3.08. The minimum absolute atomic E-state index is 0.116. The predicted octanol–water partition coefficient (Wildman–Crippen LogP) is 2.20. The summed E-state index contributed by atoms with van der Waals surface area (Å²) in [6.07, 6.45) is 0.405. The molecule has 0 saturated heterocycles. The fraction of sp³-hybridized carbons (Fsp3) is 0.429. The Bertz CT molecular complexity index is 673. The van der Waals surface area contributed by atoms with E-state index < -0.39 is 0 Å². The van der Waals surface area contributed by atoms with Crippen molar-refractivity contribution < 1.29 is 14.3 Å². The van der Waals surface area contributed by atoms with E-state index in [4.69, 9.17) is 9.47 Å². The second kappa shape index (κ2) is 6.67. The van der Waals surface area contributed by atoms with Crippen LogP contribution in [0.2, 0.25) is 0 Å². The van der Waals surface area contributed by atoms with E-state index in [0.717, 1.165) is 16.0 Å². The number of aromatic nitrogens is 1. The van der Waals surface area contributed by atoms with Crippen molar-refractivity contribution >= 4 is 27.5 Å². The fourth-order valence-corrected chi connectivity index (χ4v) is 2.95. The van der Waals surface area contributed by atoms with Gasteiger partial charge in [0.05, 0.1) is 23.9 Å². The molecule has 2 aromatic rings. The zero-order valence-electron chi connectivity index (χ0n) is 11.9. The molecule has 0 aliphatic rings. The molecule has 0 aliphatic carbocycles. The van der Waals surface area contributed by atoms with Gasteiger partial charge in [-0.05, 0) is 18.2 Å². The summed E-state index contributed by atoms with van der Waals surface area (Å²) in [6.45, 7) is 3.05. The number of rotatable bonds is 5. The molecule has 0 spiro atoms. The lowest BCUT2D eigenvalue weighted by Crippen LogP contribution is -2.19. The first-order valence-corrected chi connectivity index (χ1v) is 7.25. The monoisotopic (exact) mass is 294 g/mol. The summed E-state index contributed by atoms with van der Waals surface area (Å²) in [5, 5.41) is 0. The van der Waals surface area contributed by atoms with Crippen molar-refractivity contribution in [2.45, 2.75) is 19.9 Å². The van der Waals surface area contributed by atoms with Crippen molar-refractivity contribution in [2.24, 2.45) is 4.99 Å². The Labute approximate surface area is 121 Å². The number of fused-ring (bicyclic) bond motifs is 1. The van der Waals surface area contributed by atoms with E-state index in [0.29, 0.717) is 24.4 Å². The van der Waals surface area contributed by atoms with Crippen LogP contribution in [-0.4, -0.2) is 31.3 Å². The summed E-state index contributed by atoms with van der Waals surface area (Å²) < 4.78 is 13.4. The number of nitrogens with zero attached hydrogens (tertiary/aromatic N) is 2. The number of carbonyl (C=O) groups excluding carboxylic acids is 1. The Hall–Kier alpha value is -1.66. The van der Waals surface area contributed by atoms with Crippen LogP contribution in [0.4, 0.5) is 0 Å². The van der Waals surface area contributed by atoms with Crippen molar-refractivity contribution in [1.82, 2.24) is 4.57 Å². The van der Waals surface area contributed by atoms with E-state index in [2.05, 4.69) is 4.99 Å². The highest BCUT2D eigenvalue weighted by Gasteiger charge is 2.08. The van der Waals surface area contributed by atoms with Gasteiger partial charge >= 0.3 is 0 Å². The number of hydrogen-bond acceptors (Lipinski definition) is 4. The molecule has 0 radical (unpaired) electrons. The molecule has 108 valence electrons. The molecule has 0 saturated carbocycles. The zero-order chi connectivity index (χ0) is 14.5. The van der Waals surface area contributed by atoms with Gasteiger partial charge in [-0.3, -0.25) is 4.79 Å². The van der Waals surface area contributed by atoms with Crippen LogP contribution in [0.25, 0.3) is 10.2 Å². The van der Waals surface area contributed by atoms with Gasteiger partial charge in [0, 0.05) is 20.1 Å². The van der Waals surface area contributed by atoms with Crippen LogP contribution in [-0.2, 0) is 16.1 Å². The summed E-state index contributed by atoms with van der Waals surface area (Å²) in [5.41, 5.74) is 1.04. The molecule has 1 heterocycles. The van der Waals surface area contributed by atoms with Crippen molar-refractivity contribution in [3.63, 3.8) is 0 Å². The number of ether oxygens (including phenoxy) is 2. The van der Waals surface area contributed by atoms with Crippen molar-refractivity contribution in [3.05, 3.63) is 23.0 Å². The minimum Gasteiger partial charge on any atom is -0.497 e. The average molecular weight is 294 g/mol. The summed E-state index contributed by atoms with van der Waals surface area (Å²) in [4.78, 5) is 16.5. The predicted molar refractivity (Wildman–Crippen MR) is 79.1 cm³/mol.